The first-order valence-corrected chi connectivity index (χ1v) is 2.21. The van der Waals surface area contributed by atoms with E-state index in [9.17, 15) is 0 Å². The summed E-state index contributed by atoms with van der Waals surface area (Å²) in [5, 5.41) is 29.6. The maximum atomic E-state index is 9.10. The minimum absolute atomic E-state index is 0. The van der Waals surface area contributed by atoms with Gasteiger partial charge < -0.3 is 47.8 Å². The zero-order chi connectivity index (χ0) is 10.3. The van der Waals surface area contributed by atoms with E-state index in [-0.39, 0.29) is 78.8 Å². The van der Waals surface area contributed by atoms with Gasteiger partial charge in [-0.2, -0.15) is 0 Å². The molecule has 0 aromatic heterocycles. The molecule has 0 spiro atoms. The van der Waals surface area contributed by atoms with Crippen LogP contribution in [0.5, 0.6) is 0 Å². The summed E-state index contributed by atoms with van der Waals surface area (Å²) in [5.41, 5.74) is 0. The molecule has 0 aromatic rings. The molecule has 14 N–H and O–H groups in total. The normalized spacial score (nSPS) is 4.89. The molecule has 0 rings (SSSR count). The van der Waals surface area contributed by atoms with Crippen molar-refractivity contribution in [2.45, 2.75) is 0 Å². The third kappa shape index (κ3) is 58.6. The molecule has 0 heterocycles. The quantitative estimate of drug-likeness (QED) is 0.245. The Hall–Kier alpha value is -0.684. The first-order valence-electron chi connectivity index (χ1n) is 2.21. The number of rotatable bonds is 0. The Morgan fingerprint density at radius 3 is 0.500 bits per heavy atom. The first-order chi connectivity index (χ1) is 5.29. The average Bonchev–Trinajstić information content (AvgIpc) is 1.88. The van der Waals surface area contributed by atoms with Gasteiger partial charge in [0.05, 0.1) is 0 Å². The molecule has 0 aliphatic rings. The molecular formula is C4H14KO13. The van der Waals surface area contributed by atoms with E-state index in [0.29, 0.717) is 0 Å². The zero-order valence-corrected chi connectivity index (χ0v) is 12.0. The molecule has 13 nitrogen and oxygen atoms in total. The second-order valence-corrected chi connectivity index (χ2v) is 1.22. The number of carbonyl (C=O) groups is 4. The Morgan fingerprint density at radius 1 is 0.444 bits per heavy atom. The summed E-state index contributed by atoms with van der Waals surface area (Å²) in [5.74, 6) is -7.30. The van der Waals surface area contributed by atoms with Crippen LogP contribution in [0.1, 0.15) is 0 Å². The molecule has 0 aliphatic heterocycles. The van der Waals surface area contributed by atoms with Crippen LogP contribution in [-0.4, -0.2) is 123 Å². The van der Waals surface area contributed by atoms with E-state index in [1.165, 1.54) is 0 Å². The van der Waals surface area contributed by atoms with Crippen molar-refractivity contribution in [2.75, 3.05) is 0 Å². The standard InChI is InChI=1S/2C2H2O4.K.5H2O/c2*3-1(4)2(5)6;;;;;;/h2*(H,3,4)(H,5,6);;5*1H2. The molecule has 0 aliphatic carbocycles. The van der Waals surface area contributed by atoms with Gasteiger partial charge in [-0.3, -0.25) is 0 Å². The van der Waals surface area contributed by atoms with Crippen molar-refractivity contribution >= 4 is 75.3 Å². The number of carboxylic acids is 4. The predicted octanol–water partition coefficient (Wildman–Crippen LogP) is -6.19. The van der Waals surface area contributed by atoms with Crippen LogP contribution in [0.15, 0.2) is 0 Å². The van der Waals surface area contributed by atoms with Crippen molar-refractivity contribution in [2.24, 2.45) is 0 Å². The Labute approximate surface area is 141 Å². The Kier molecular flexibility index (Phi) is 88.2. The molecular weight excluding hydrogens is 295 g/mol. The number of hydrogen-bond donors (Lipinski definition) is 4. The van der Waals surface area contributed by atoms with Crippen molar-refractivity contribution in [1.29, 1.82) is 0 Å². The van der Waals surface area contributed by atoms with Crippen LogP contribution in [0, 0.1) is 0 Å². The summed E-state index contributed by atoms with van der Waals surface area (Å²) >= 11 is 0. The van der Waals surface area contributed by atoms with E-state index in [1.807, 2.05) is 0 Å². The van der Waals surface area contributed by atoms with Gasteiger partial charge in [-0.1, -0.05) is 0 Å². The van der Waals surface area contributed by atoms with Crippen LogP contribution >= 0.6 is 0 Å². The maximum Gasteiger partial charge on any atom is 0.414 e. The minimum Gasteiger partial charge on any atom is -0.473 e. The molecule has 0 bridgehead atoms. The van der Waals surface area contributed by atoms with Gasteiger partial charge in [0, 0.05) is 51.4 Å². The van der Waals surface area contributed by atoms with E-state index >= 15 is 0 Å². The minimum atomic E-state index is -1.82. The Balaban J connectivity index is -0.0000000139. The van der Waals surface area contributed by atoms with Gasteiger partial charge in [0.1, 0.15) is 0 Å². The fraction of sp³-hybridized carbons (Fsp3) is 0. The van der Waals surface area contributed by atoms with Gasteiger partial charge in [0.2, 0.25) is 0 Å². The predicted molar refractivity (Wildman–Crippen MR) is 54.4 cm³/mol. The molecule has 0 saturated carbocycles. The molecule has 0 aromatic carbocycles. The molecule has 109 valence electrons. The van der Waals surface area contributed by atoms with E-state index in [4.69, 9.17) is 39.6 Å². The number of carboxylic acid groups (broad SMARTS) is 4. The second-order valence-electron chi connectivity index (χ2n) is 1.22. The summed E-state index contributed by atoms with van der Waals surface area (Å²) in [6.07, 6.45) is 0. The van der Waals surface area contributed by atoms with Crippen LogP contribution in [0.25, 0.3) is 0 Å². The van der Waals surface area contributed by atoms with Crippen LogP contribution in [0.2, 0.25) is 0 Å². The summed E-state index contributed by atoms with van der Waals surface area (Å²) < 4.78 is 0. The van der Waals surface area contributed by atoms with Crippen molar-refractivity contribution in [3.05, 3.63) is 0 Å². The second kappa shape index (κ2) is 29.9. The summed E-state index contributed by atoms with van der Waals surface area (Å²) in [6.45, 7) is 0. The van der Waals surface area contributed by atoms with E-state index in [1.54, 1.807) is 0 Å². The molecule has 1 radical (unpaired) electrons. The SMILES string of the molecule is O.O.O.O.O.O=C(O)C(=O)O.O=C(O)C(=O)O.[K]. The molecule has 18 heavy (non-hydrogen) atoms. The maximum absolute atomic E-state index is 9.10. The monoisotopic (exact) mass is 309 g/mol. The number of hydrogen-bond acceptors (Lipinski definition) is 4. The van der Waals surface area contributed by atoms with Gasteiger partial charge in [-0.15, -0.1) is 0 Å². The van der Waals surface area contributed by atoms with Crippen molar-refractivity contribution in [1.82, 2.24) is 0 Å². The topological polar surface area (TPSA) is 307 Å². The van der Waals surface area contributed by atoms with Crippen LogP contribution in [0.4, 0.5) is 0 Å². The van der Waals surface area contributed by atoms with Crippen LogP contribution in [0.3, 0.4) is 0 Å². The van der Waals surface area contributed by atoms with Crippen LogP contribution < -0.4 is 0 Å². The van der Waals surface area contributed by atoms with Gasteiger partial charge in [0.25, 0.3) is 0 Å². The Bertz CT molecular complexity index is 175. The smallest absolute Gasteiger partial charge is 0.414 e. The summed E-state index contributed by atoms with van der Waals surface area (Å²) in [7, 11) is 0. The summed E-state index contributed by atoms with van der Waals surface area (Å²) in [4.78, 5) is 36.4. The van der Waals surface area contributed by atoms with E-state index < -0.39 is 23.9 Å². The Morgan fingerprint density at radius 2 is 0.500 bits per heavy atom. The molecule has 0 fully saturated rings. The molecule has 0 atom stereocenters. The molecule has 0 unspecified atom stereocenters. The first kappa shape index (κ1) is 53.1. The fourth-order valence-electron chi connectivity index (χ4n) is 0. The zero-order valence-electron chi connectivity index (χ0n) is 8.92. The largest absolute Gasteiger partial charge is 0.473 e. The molecule has 0 amide bonds. The van der Waals surface area contributed by atoms with Gasteiger partial charge in [0.15, 0.2) is 0 Å². The average molecular weight is 309 g/mol. The van der Waals surface area contributed by atoms with Crippen molar-refractivity contribution in [3.8, 4) is 0 Å². The van der Waals surface area contributed by atoms with Crippen LogP contribution in [-0.2, 0) is 19.2 Å². The van der Waals surface area contributed by atoms with E-state index in [0.717, 1.165) is 0 Å². The van der Waals surface area contributed by atoms with E-state index in [2.05, 4.69) is 0 Å². The van der Waals surface area contributed by atoms with Crippen molar-refractivity contribution in [3.63, 3.8) is 0 Å². The van der Waals surface area contributed by atoms with Crippen molar-refractivity contribution < 1.29 is 67.0 Å². The number of aliphatic carboxylic acids is 4. The molecule has 0 saturated heterocycles. The van der Waals surface area contributed by atoms with Gasteiger partial charge >= 0.3 is 23.9 Å². The summed E-state index contributed by atoms with van der Waals surface area (Å²) in [6, 6.07) is 0. The van der Waals surface area contributed by atoms with Gasteiger partial charge in [-0.25, -0.2) is 19.2 Å². The molecule has 14 heteroatoms. The third-order valence-electron chi connectivity index (χ3n) is 0.366. The third-order valence-corrected chi connectivity index (χ3v) is 0.366. The fourth-order valence-corrected chi connectivity index (χ4v) is 0. The van der Waals surface area contributed by atoms with Gasteiger partial charge in [-0.05, 0) is 0 Å².